The van der Waals surface area contributed by atoms with E-state index in [0.717, 1.165) is 18.7 Å². The number of phenols is 1. The Kier molecular flexibility index (Phi) is 3.03. The molecule has 1 unspecified atom stereocenters. The lowest BCUT2D eigenvalue weighted by Crippen LogP contribution is -2.51. The Hall–Kier alpha value is -2.26. The number of rotatable bonds is 2. The van der Waals surface area contributed by atoms with Gasteiger partial charge in [0.05, 0.1) is 6.61 Å². The third-order valence-electron chi connectivity index (χ3n) is 5.20. The van der Waals surface area contributed by atoms with Gasteiger partial charge in [-0.25, -0.2) is 0 Å². The molecule has 2 aliphatic rings. The van der Waals surface area contributed by atoms with E-state index in [4.69, 9.17) is 4.74 Å². The standard InChI is InChI=1S/C20H21NO2/c1-19(2)17-5-3-4-6-18(17)21-13-14-23-20(19,21)12-11-15-7-9-16(22)10-8-15/h3-12,22H,13-14H2,1-2H3. The molecule has 118 valence electrons. The van der Waals surface area contributed by atoms with E-state index in [-0.39, 0.29) is 11.2 Å². The number of ether oxygens (including phenoxy) is 1. The number of para-hydroxylation sites is 1. The number of nitrogens with zero attached hydrogens (tertiary/aromatic N) is 1. The van der Waals surface area contributed by atoms with E-state index in [1.54, 1.807) is 12.1 Å². The Morgan fingerprint density at radius 1 is 1.09 bits per heavy atom. The smallest absolute Gasteiger partial charge is 0.170 e. The van der Waals surface area contributed by atoms with Crippen molar-refractivity contribution in [3.05, 3.63) is 65.7 Å². The van der Waals surface area contributed by atoms with Crippen molar-refractivity contribution >= 4 is 11.8 Å². The van der Waals surface area contributed by atoms with Gasteiger partial charge in [0.1, 0.15) is 5.75 Å². The molecule has 1 atom stereocenters. The minimum atomic E-state index is -0.450. The van der Waals surface area contributed by atoms with Crippen LogP contribution in [0.25, 0.3) is 6.08 Å². The number of fused-ring (bicyclic) bond motifs is 3. The molecule has 0 amide bonds. The first-order valence-electron chi connectivity index (χ1n) is 8.04. The maximum Gasteiger partial charge on any atom is 0.170 e. The summed E-state index contributed by atoms with van der Waals surface area (Å²) in [5, 5.41) is 9.43. The second-order valence-electron chi connectivity index (χ2n) is 6.76. The normalized spacial score (nSPS) is 24.9. The van der Waals surface area contributed by atoms with Crippen LogP contribution in [-0.2, 0) is 10.2 Å². The molecule has 2 heterocycles. The molecule has 0 spiro atoms. The van der Waals surface area contributed by atoms with Crippen molar-refractivity contribution in [3.63, 3.8) is 0 Å². The van der Waals surface area contributed by atoms with E-state index < -0.39 is 5.72 Å². The summed E-state index contributed by atoms with van der Waals surface area (Å²) >= 11 is 0. The molecule has 2 aromatic carbocycles. The van der Waals surface area contributed by atoms with Crippen molar-refractivity contribution in [1.29, 1.82) is 0 Å². The van der Waals surface area contributed by atoms with Crippen LogP contribution in [0.2, 0.25) is 0 Å². The predicted molar refractivity (Wildman–Crippen MR) is 92.6 cm³/mol. The van der Waals surface area contributed by atoms with E-state index in [1.807, 2.05) is 12.1 Å². The predicted octanol–water partition coefficient (Wildman–Crippen LogP) is 3.93. The van der Waals surface area contributed by atoms with Crippen LogP contribution >= 0.6 is 0 Å². The van der Waals surface area contributed by atoms with Gasteiger partial charge in [0, 0.05) is 17.6 Å². The monoisotopic (exact) mass is 307 g/mol. The second-order valence-corrected chi connectivity index (χ2v) is 6.76. The lowest BCUT2D eigenvalue weighted by Gasteiger charge is -2.39. The van der Waals surface area contributed by atoms with E-state index >= 15 is 0 Å². The molecule has 2 aliphatic heterocycles. The first-order valence-corrected chi connectivity index (χ1v) is 8.04. The summed E-state index contributed by atoms with van der Waals surface area (Å²) in [5.74, 6) is 0.285. The van der Waals surface area contributed by atoms with Crippen LogP contribution in [0.3, 0.4) is 0 Å². The zero-order chi connectivity index (χ0) is 16.1. The summed E-state index contributed by atoms with van der Waals surface area (Å²) in [6.07, 6.45) is 4.26. The van der Waals surface area contributed by atoms with Gasteiger partial charge in [0.15, 0.2) is 5.72 Å². The van der Waals surface area contributed by atoms with Crippen LogP contribution in [-0.4, -0.2) is 24.0 Å². The average molecular weight is 307 g/mol. The number of benzene rings is 2. The Balaban J connectivity index is 1.78. The zero-order valence-corrected chi connectivity index (χ0v) is 13.5. The molecule has 3 heteroatoms. The summed E-state index contributed by atoms with van der Waals surface area (Å²) in [6.45, 7) is 6.13. The van der Waals surface area contributed by atoms with E-state index in [9.17, 15) is 5.11 Å². The van der Waals surface area contributed by atoms with Crippen LogP contribution in [0, 0.1) is 0 Å². The maximum absolute atomic E-state index is 9.43. The Labute approximate surface area is 136 Å². The number of hydrogen-bond acceptors (Lipinski definition) is 3. The van der Waals surface area contributed by atoms with E-state index in [0.29, 0.717) is 0 Å². The van der Waals surface area contributed by atoms with Gasteiger partial charge in [-0.05, 0) is 35.4 Å². The molecular weight excluding hydrogens is 286 g/mol. The van der Waals surface area contributed by atoms with Gasteiger partial charge >= 0.3 is 0 Å². The maximum atomic E-state index is 9.43. The topological polar surface area (TPSA) is 32.7 Å². The van der Waals surface area contributed by atoms with Gasteiger partial charge < -0.3 is 14.7 Å². The quantitative estimate of drug-likeness (QED) is 0.912. The van der Waals surface area contributed by atoms with Crippen LogP contribution < -0.4 is 4.90 Å². The van der Waals surface area contributed by atoms with E-state index in [1.165, 1.54) is 11.3 Å². The minimum Gasteiger partial charge on any atom is -0.508 e. The fourth-order valence-electron chi connectivity index (χ4n) is 3.93. The van der Waals surface area contributed by atoms with Gasteiger partial charge in [-0.15, -0.1) is 0 Å². The Morgan fingerprint density at radius 3 is 2.61 bits per heavy atom. The highest BCUT2D eigenvalue weighted by molar-refractivity contribution is 5.69. The molecule has 0 radical (unpaired) electrons. The molecule has 0 saturated carbocycles. The number of hydrogen-bond donors (Lipinski definition) is 1. The summed E-state index contributed by atoms with van der Waals surface area (Å²) < 4.78 is 6.30. The van der Waals surface area contributed by atoms with Gasteiger partial charge in [0.2, 0.25) is 0 Å². The highest BCUT2D eigenvalue weighted by atomic mass is 16.5. The second kappa shape index (κ2) is 4.87. The molecule has 23 heavy (non-hydrogen) atoms. The largest absolute Gasteiger partial charge is 0.508 e. The molecule has 0 aliphatic carbocycles. The van der Waals surface area contributed by atoms with Crippen LogP contribution in [0.4, 0.5) is 5.69 Å². The lowest BCUT2D eigenvalue weighted by molar-refractivity contribution is 0.000337. The highest BCUT2D eigenvalue weighted by Gasteiger charge is 2.58. The SMILES string of the molecule is CC1(C)c2ccccc2N2CCOC21C=Cc1ccc(O)cc1. The van der Waals surface area contributed by atoms with E-state index in [2.05, 4.69) is 55.2 Å². The molecule has 1 N–H and O–H groups in total. The minimum absolute atomic E-state index is 0.131. The van der Waals surface area contributed by atoms with Gasteiger partial charge in [-0.3, -0.25) is 0 Å². The van der Waals surface area contributed by atoms with Gasteiger partial charge in [0.25, 0.3) is 0 Å². The Bertz CT molecular complexity index is 763. The van der Waals surface area contributed by atoms with Crippen molar-refractivity contribution in [2.24, 2.45) is 0 Å². The number of aromatic hydroxyl groups is 1. The summed E-state index contributed by atoms with van der Waals surface area (Å²) in [4.78, 5) is 2.37. The van der Waals surface area contributed by atoms with Crippen molar-refractivity contribution in [1.82, 2.24) is 0 Å². The average Bonchev–Trinajstić information content (AvgIpc) is 3.06. The van der Waals surface area contributed by atoms with Crippen molar-refractivity contribution in [2.75, 3.05) is 18.1 Å². The van der Waals surface area contributed by atoms with Crippen molar-refractivity contribution < 1.29 is 9.84 Å². The third-order valence-corrected chi connectivity index (χ3v) is 5.20. The molecule has 3 nitrogen and oxygen atoms in total. The highest BCUT2D eigenvalue weighted by Crippen LogP contribution is 2.54. The molecule has 1 saturated heterocycles. The fourth-order valence-corrected chi connectivity index (χ4v) is 3.93. The first kappa shape index (κ1) is 14.3. The lowest BCUT2D eigenvalue weighted by atomic mass is 9.77. The number of anilines is 1. The summed E-state index contributed by atoms with van der Waals surface area (Å²) in [5.41, 5.74) is 3.07. The zero-order valence-electron chi connectivity index (χ0n) is 13.5. The molecular formula is C20H21NO2. The number of phenolic OH excluding ortho intramolecular Hbond substituents is 1. The van der Waals surface area contributed by atoms with Crippen LogP contribution in [0.1, 0.15) is 25.0 Å². The molecule has 2 aromatic rings. The molecule has 0 bridgehead atoms. The first-order chi connectivity index (χ1) is 11.0. The fraction of sp³-hybridized carbons (Fsp3) is 0.300. The third kappa shape index (κ3) is 1.93. The summed E-state index contributed by atoms with van der Waals surface area (Å²) in [7, 11) is 0. The van der Waals surface area contributed by atoms with Crippen LogP contribution in [0.5, 0.6) is 5.75 Å². The Morgan fingerprint density at radius 2 is 1.83 bits per heavy atom. The summed E-state index contributed by atoms with van der Waals surface area (Å²) in [6, 6.07) is 15.8. The molecule has 0 aromatic heterocycles. The van der Waals surface area contributed by atoms with Gasteiger partial charge in [-0.2, -0.15) is 0 Å². The molecule has 4 rings (SSSR count). The van der Waals surface area contributed by atoms with Crippen molar-refractivity contribution in [2.45, 2.75) is 25.0 Å². The molecule has 1 fully saturated rings. The van der Waals surface area contributed by atoms with Gasteiger partial charge in [-0.1, -0.05) is 50.3 Å². The van der Waals surface area contributed by atoms with Crippen molar-refractivity contribution in [3.8, 4) is 5.75 Å². The van der Waals surface area contributed by atoms with Crippen LogP contribution in [0.15, 0.2) is 54.6 Å².